The van der Waals surface area contributed by atoms with Gasteiger partial charge in [-0.25, -0.2) is 9.59 Å². The van der Waals surface area contributed by atoms with E-state index < -0.39 is 29.1 Å². The van der Waals surface area contributed by atoms with Crippen LogP contribution in [0.1, 0.15) is 115 Å². The first-order valence-corrected chi connectivity index (χ1v) is 18.5. The van der Waals surface area contributed by atoms with Gasteiger partial charge in [0, 0.05) is 31.6 Å². The number of carboxylic acid groups (broad SMARTS) is 1. The number of hydrogen-bond acceptors (Lipinski definition) is 5. The average Bonchev–Trinajstić information content (AvgIpc) is 3.06. The maximum absolute atomic E-state index is 14.9. The van der Waals surface area contributed by atoms with E-state index in [9.17, 15) is 24.3 Å². The number of rotatable bonds is 8. The summed E-state index contributed by atoms with van der Waals surface area (Å²) in [5.74, 6) is -0.540. The number of aromatic carboxylic acids is 1. The van der Waals surface area contributed by atoms with Crippen LogP contribution in [-0.2, 0) is 19.7 Å². The summed E-state index contributed by atoms with van der Waals surface area (Å²) in [7, 11) is 0. The molecule has 0 radical (unpaired) electrons. The fraction of sp³-hybridized carbons (Fsp3) is 0.571. The van der Waals surface area contributed by atoms with Crippen molar-refractivity contribution in [2.24, 2.45) is 16.7 Å². The van der Waals surface area contributed by atoms with Crippen LogP contribution in [0.3, 0.4) is 0 Å². The fourth-order valence-electron chi connectivity index (χ4n) is 9.04. The minimum atomic E-state index is -0.923. The Balaban J connectivity index is 1.36. The van der Waals surface area contributed by atoms with E-state index in [4.69, 9.17) is 4.74 Å². The average molecular weight is 700 g/mol. The number of hydrogen-bond donors (Lipinski definition) is 2. The molecule has 276 valence electrons. The number of nitrogens with one attached hydrogen (secondary N) is 1. The van der Waals surface area contributed by atoms with Crippen molar-refractivity contribution in [2.45, 2.75) is 110 Å². The van der Waals surface area contributed by atoms with Crippen molar-refractivity contribution in [3.05, 3.63) is 82.9 Å². The summed E-state index contributed by atoms with van der Waals surface area (Å²) < 4.78 is 5.48. The van der Waals surface area contributed by atoms with Crippen molar-refractivity contribution in [1.29, 1.82) is 0 Å². The van der Waals surface area contributed by atoms with Crippen LogP contribution in [0.25, 0.3) is 0 Å². The molecule has 3 amide bonds. The molecule has 9 nitrogen and oxygen atoms in total. The molecule has 2 aromatic rings. The highest BCUT2D eigenvalue weighted by Crippen LogP contribution is 2.58. The maximum atomic E-state index is 14.9. The van der Waals surface area contributed by atoms with Gasteiger partial charge in [-0.05, 0) is 93.4 Å². The number of piperidine rings is 1. The lowest BCUT2D eigenvalue weighted by molar-refractivity contribution is -0.145. The van der Waals surface area contributed by atoms with Crippen molar-refractivity contribution in [3.8, 4) is 0 Å². The molecule has 1 saturated heterocycles. The van der Waals surface area contributed by atoms with Crippen molar-refractivity contribution < 1.29 is 29.0 Å². The second-order valence-electron chi connectivity index (χ2n) is 17.2. The molecule has 0 spiro atoms. The number of carbonyl (C=O) groups excluding carboxylic acids is 3. The van der Waals surface area contributed by atoms with E-state index in [2.05, 4.69) is 32.2 Å². The van der Waals surface area contributed by atoms with Crippen LogP contribution in [0.5, 0.6) is 0 Å². The smallest absolute Gasteiger partial charge is 0.408 e. The van der Waals surface area contributed by atoms with Gasteiger partial charge in [-0.15, -0.1) is 0 Å². The van der Waals surface area contributed by atoms with Gasteiger partial charge in [-0.1, -0.05) is 88.7 Å². The lowest BCUT2D eigenvalue weighted by Gasteiger charge is -2.55. The third-order valence-corrected chi connectivity index (χ3v) is 11.5. The first-order valence-electron chi connectivity index (χ1n) is 18.5. The molecule has 51 heavy (non-hydrogen) atoms. The summed E-state index contributed by atoms with van der Waals surface area (Å²) in [6, 6.07) is 16.6. The largest absolute Gasteiger partial charge is 0.478 e. The highest BCUT2D eigenvalue weighted by Gasteiger charge is 2.53. The number of nitrogens with zero attached hydrogens (tertiary/aromatic N) is 2. The van der Waals surface area contributed by atoms with Gasteiger partial charge in [0.1, 0.15) is 11.6 Å². The van der Waals surface area contributed by atoms with Gasteiger partial charge in [0.25, 0.3) is 0 Å². The highest BCUT2D eigenvalue weighted by atomic mass is 16.6. The van der Waals surface area contributed by atoms with Gasteiger partial charge in [-0.3, -0.25) is 9.59 Å². The van der Waals surface area contributed by atoms with Crippen molar-refractivity contribution in [1.82, 2.24) is 15.1 Å². The van der Waals surface area contributed by atoms with Gasteiger partial charge in [-0.2, -0.15) is 0 Å². The van der Waals surface area contributed by atoms with Crippen LogP contribution < -0.4 is 5.32 Å². The number of fused-ring (bicyclic) bond motifs is 1. The zero-order chi connectivity index (χ0) is 37.4. The molecule has 2 N–H and O–H groups in total. The van der Waals surface area contributed by atoms with E-state index in [0.717, 1.165) is 24.0 Å². The van der Waals surface area contributed by atoms with E-state index in [1.165, 1.54) is 5.57 Å². The Kier molecular flexibility index (Phi) is 10.8. The molecule has 2 fully saturated rings. The number of likely N-dealkylation sites (tertiary alicyclic amines) is 1. The standard InChI is InChI=1S/C42H57N3O6/c1-28(2)26-33(43-38(50)51-39(3,4)5)35(46)44-24-21-42(22-25-44,31-12-10-9-11-13-31)37(49)45-23-19-34-40(6,7)32(18-20-41(34,8)27-45)29-14-16-30(17-15-29)36(47)48/h9-17,19,28,32-33H,18,20-27H2,1-8H3,(H,43,50)(H,47,48)/t32-,33-,41-/m1/s1. The zero-order valence-corrected chi connectivity index (χ0v) is 31.8. The summed E-state index contributed by atoms with van der Waals surface area (Å²) in [6.45, 7) is 18.3. The van der Waals surface area contributed by atoms with Gasteiger partial charge < -0.3 is 25.0 Å². The molecule has 1 aliphatic carbocycles. The summed E-state index contributed by atoms with van der Waals surface area (Å²) in [5, 5.41) is 12.2. The number of benzene rings is 2. The molecule has 0 unspecified atom stereocenters. The Labute approximate surface area is 303 Å². The van der Waals surface area contributed by atoms with Crippen LogP contribution in [0.15, 0.2) is 66.2 Å². The minimum absolute atomic E-state index is 0.104. The number of ether oxygens (including phenoxy) is 1. The Morgan fingerprint density at radius 2 is 1.55 bits per heavy atom. The van der Waals surface area contributed by atoms with E-state index >= 15 is 0 Å². The predicted molar refractivity (Wildman–Crippen MR) is 198 cm³/mol. The summed E-state index contributed by atoms with van der Waals surface area (Å²) in [5.41, 5.74) is 1.96. The minimum Gasteiger partial charge on any atom is -0.478 e. The highest BCUT2D eigenvalue weighted by molar-refractivity contribution is 5.90. The molecule has 1 saturated carbocycles. The monoisotopic (exact) mass is 699 g/mol. The van der Waals surface area contributed by atoms with Crippen LogP contribution in [0, 0.1) is 16.7 Å². The van der Waals surface area contributed by atoms with Crippen molar-refractivity contribution in [3.63, 3.8) is 0 Å². The lowest BCUT2D eigenvalue weighted by atomic mass is 9.53. The molecule has 0 bridgehead atoms. The predicted octanol–water partition coefficient (Wildman–Crippen LogP) is 7.56. The Hall–Kier alpha value is -4.14. The summed E-state index contributed by atoms with van der Waals surface area (Å²) in [4.78, 5) is 56.9. The van der Waals surface area contributed by atoms with Gasteiger partial charge in [0.05, 0.1) is 11.0 Å². The Bertz CT molecular complexity index is 1630. The third kappa shape index (κ3) is 8.02. The number of amides is 3. The van der Waals surface area contributed by atoms with Gasteiger partial charge in [0.15, 0.2) is 0 Å². The molecule has 5 rings (SSSR count). The van der Waals surface area contributed by atoms with Gasteiger partial charge in [0.2, 0.25) is 11.8 Å². The zero-order valence-electron chi connectivity index (χ0n) is 31.8. The topological polar surface area (TPSA) is 116 Å². The molecule has 2 aromatic carbocycles. The summed E-state index contributed by atoms with van der Waals surface area (Å²) >= 11 is 0. The molecular weight excluding hydrogens is 642 g/mol. The van der Waals surface area contributed by atoms with Crippen molar-refractivity contribution in [2.75, 3.05) is 26.2 Å². The second-order valence-corrected chi connectivity index (χ2v) is 17.2. The number of alkyl carbamates (subject to hydrolysis) is 1. The maximum Gasteiger partial charge on any atom is 0.408 e. The number of carbonyl (C=O) groups is 4. The lowest BCUT2D eigenvalue weighted by Crippen LogP contribution is -2.59. The van der Waals surface area contributed by atoms with E-state index in [-0.39, 0.29) is 34.5 Å². The Morgan fingerprint density at radius 1 is 0.922 bits per heavy atom. The first kappa shape index (κ1) is 38.1. The third-order valence-electron chi connectivity index (χ3n) is 11.5. The number of carboxylic acids is 1. The quantitative estimate of drug-likeness (QED) is 0.275. The SMILES string of the molecule is CC(C)C[C@@H](NC(=O)OC(C)(C)C)C(=O)N1CCC(C(=O)N2CC=C3C(C)(C)[C@@H](c4ccc(C(=O)O)cc4)CC[C@]3(C)C2)(c2ccccc2)CC1. The van der Waals surface area contributed by atoms with Gasteiger partial charge >= 0.3 is 12.1 Å². The van der Waals surface area contributed by atoms with E-state index in [0.29, 0.717) is 51.0 Å². The molecule has 3 aliphatic rings. The normalized spacial score (nSPS) is 23.5. The van der Waals surface area contributed by atoms with Crippen LogP contribution in [0.2, 0.25) is 0 Å². The second kappa shape index (κ2) is 14.5. The summed E-state index contributed by atoms with van der Waals surface area (Å²) in [6.07, 6.45) is 4.99. The molecular formula is C42H57N3O6. The molecule has 0 aromatic heterocycles. The van der Waals surface area contributed by atoms with Crippen molar-refractivity contribution >= 4 is 23.9 Å². The molecule has 2 heterocycles. The van der Waals surface area contributed by atoms with Crippen LogP contribution in [-0.4, -0.2) is 76.6 Å². The van der Waals surface area contributed by atoms with Crippen LogP contribution >= 0.6 is 0 Å². The fourth-order valence-corrected chi connectivity index (χ4v) is 9.04. The first-order chi connectivity index (χ1) is 23.9. The van der Waals surface area contributed by atoms with E-state index in [1.54, 1.807) is 37.8 Å². The van der Waals surface area contributed by atoms with Crippen LogP contribution in [0.4, 0.5) is 4.79 Å². The molecule has 3 atom stereocenters. The Morgan fingerprint density at radius 3 is 2.12 bits per heavy atom. The van der Waals surface area contributed by atoms with E-state index in [1.807, 2.05) is 61.2 Å². The molecule has 2 aliphatic heterocycles. The molecule has 9 heteroatoms.